The van der Waals surface area contributed by atoms with E-state index in [0.717, 1.165) is 0 Å². The average molecular weight is 302 g/mol. The Bertz CT molecular complexity index is 740. The van der Waals surface area contributed by atoms with Gasteiger partial charge in [-0.1, -0.05) is 24.3 Å². The number of aromatic hydroxyl groups is 1. The van der Waals surface area contributed by atoms with Crippen LogP contribution in [0.5, 0.6) is 5.75 Å². The number of phenols is 1. The molecule has 0 bridgehead atoms. The van der Waals surface area contributed by atoms with E-state index in [4.69, 9.17) is 5.73 Å². The van der Waals surface area contributed by atoms with Crippen molar-refractivity contribution >= 4 is 22.6 Å². The predicted octanol–water partition coefficient (Wildman–Crippen LogP) is 1.72. The molecule has 6 nitrogen and oxygen atoms in total. The summed E-state index contributed by atoms with van der Waals surface area (Å²) >= 11 is 0. The summed E-state index contributed by atoms with van der Waals surface area (Å²) < 4.78 is 0. The average Bonchev–Trinajstić information content (AvgIpc) is 2.44. The molecule has 116 valence electrons. The maximum atomic E-state index is 11.4. The van der Waals surface area contributed by atoms with Crippen LogP contribution in [0.3, 0.4) is 0 Å². The second-order valence-electron chi connectivity index (χ2n) is 5.36. The van der Waals surface area contributed by atoms with Gasteiger partial charge < -0.3 is 20.8 Å². The van der Waals surface area contributed by atoms with Gasteiger partial charge in [-0.15, -0.1) is 0 Å². The molecule has 1 atom stereocenters. The number of carboxylic acid groups (broad SMARTS) is 1. The number of primary amides is 1. The van der Waals surface area contributed by atoms with Crippen LogP contribution in [0, 0.1) is 0 Å². The first kappa shape index (κ1) is 15.8. The van der Waals surface area contributed by atoms with Crippen molar-refractivity contribution in [2.75, 3.05) is 14.1 Å². The van der Waals surface area contributed by atoms with E-state index in [9.17, 15) is 19.8 Å². The number of hydrogen-bond acceptors (Lipinski definition) is 4. The van der Waals surface area contributed by atoms with Gasteiger partial charge in [0.1, 0.15) is 11.3 Å². The maximum Gasteiger partial charge on any atom is 0.339 e. The summed E-state index contributed by atoms with van der Waals surface area (Å²) in [5.74, 6) is -2.07. The minimum atomic E-state index is -1.22. The molecule has 0 aliphatic carbocycles. The molecule has 2 aromatic carbocycles. The predicted molar refractivity (Wildman–Crippen MR) is 82.8 cm³/mol. The lowest BCUT2D eigenvalue weighted by atomic mass is 9.92. The number of aromatic carboxylic acids is 1. The highest BCUT2D eigenvalue weighted by Gasteiger charge is 2.26. The van der Waals surface area contributed by atoms with E-state index in [1.807, 2.05) is 0 Å². The number of amides is 1. The molecule has 0 aromatic heterocycles. The summed E-state index contributed by atoms with van der Waals surface area (Å²) in [4.78, 5) is 24.5. The second-order valence-corrected chi connectivity index (χ2v) is 5.36. The van der Waals surface area contributed by atoms with Gasteiger partial charge >= 0.3 is 5.97 Å². The van der Waals surface area contributed by atoms with Crippen molar-refractivity contribution < 1.29 is 19.8 Å². The maximum absolute atomic E-state index is 11.4. The van der Waals surface area contributed by atoms with Gasteiger partial charge in [0.05, 0.1) is 0 Å². The van der Waals surface area contributed by atoms with Gasteiger partial charge in [-0.25, -0.2) is 4.79 Å². The molecule has 6 heteroatoms. The SMILES string of the molecule is CN(C)C(CC(N)=O)c1c(O)c(C(=O)O)cc2ccccc12. The van der Waals surface area contributed by atoms with Crippen LogP contribution >= 0.6 is 0 Å². The van der Waals surface area contributed by atoms with Crippen molar-refractivity contribution in [1.29, 1.82) is 0 Å². The Hall–Kier alpha value is -2.60. The van der Waals surface area contributed by atoms with Crippen LogP contribution in [-0.2, 0) is 4.79 Å². The van der Waals surface area contributed by atoms with Gasteiger partial charge in [0, 0.05) is 18.0 Å². The molecule has 0 radical (unpaired) electrons. The second kappa shape index (κ2) is 6.03. The number of carboxylic acids is 1. The molecule has 0 aliphatic heterocycles. The van der Waals surface area contributed by atoms with Crippen molar-refractivity contribution in [3.63, 3.8) is 0 Å². The van der Waals surface area contributed by atoms with Crippen LogP contribution in [0.4, 0.5) is 0 Å². The first-order valence-corrected chi connectivity index (χ1v) is 6.75. The Kier molecular flexibility index (Phi) is 4.32. The number of hydrogen-bond donors (Lipinski definition) is 3. The van der Waals surface area contributed by atoms with Gasteiger partial charge in [0.2, 0.25) is 5.91 Å². The zero-order valence-corrected chi connectivity index (χ0v) is 12.4. The minimum absolute atomic E-state index is 0.0202. The molecular weight excluding hydrogens is 284 g/mol. The Morgan fingerprint density at radius 1 is 1.27 bits per heavy atom. The van der Waals surface area contributed by atoms with E-state index in [0.29, 0.717) is 16.3 Å². The molecule has 0 saturated carbocycles. The number of rotatable bonds is 5. The topological polar surface area (TPSA) is 104 Å². The Labute approximate surface area is 127 Å². The van der Waals surface area contributed by atoms with Crippen LogP contribution < -0.4 is 5.73 Å². The van der Waals surface area contributed by atoms with Gasteiger partial charge in [0.15, 0.2) is 0 Å². The van der Waals surface area contributed by atoms with Crippen molar-refractivity contribution in [1.82, 2.24) is 4.90 Å². The van der Waals surface area contributed by atoms with E-state index in [2.05, 4.69) is 0 Å². The van der Waals surface area contributed by atoms with Crippen molar-refractivity contribution in [3.8, 4) is 5.75 Å². The molecule has 0 aliphatic rings. The summed E-state index contributed by atoms with van der Waals surface area (Å²) in [6, 6.07) is 8.04. The standard InChI is InChI=1S/C16H18N2O4/c1-18(2)12(8-13(17)19)14-10-6-4-3-5-9(10)7-11(15(14)20)16(21)22/h3-7,12,20H,8H2,1-2H3,(H2,17,19)(H,21,22). The van der Waals surface area contributed by atoms with Crippen LogP contribution in [0.15, 0.2) is 30.3 Å². The first-order valence-electron chi connectivity index (χ1n) is 6.75. The van der Waals surface area contributed by atoms with Crippen LogP contribution in [0.1, 0.15) is 28.4 Å². The summed E-state index contributed by atoms with van der Waals surface area (Å²) in [5, 5.41) is 21.1. The highest BCUT2D eigenvalue weighted by molar-refractivity contribution is 6.00. The molecule has 0 heterocycles. The Morgan fingerprint density at radius 3 is 2.45 bits per heavy atom. The number of carbonyl (C=O) groups is 2. The third-order valence-electron chi connectivity index (χ3n) is 3.64. The lowest BCUT2D eigenvalue weighted by Crippen LogP contribution is -2.26. The van der Waals surface area contributed by atoms with E-state index >= 15 is 0 Å². The quantitative estimate of drug-likeness (QED) is 0.780. The molecule has 0 spiro atoms. The fourth-order valence-corrected chi connectivity index (χ4v) is 2.60. The summed E-state index contributed by atoms with van der Waals surface area (Å²) in [7, 11) is 3.49. The van der Waals surface area contributed by atoms with E-state index in [1.54, 1.807) is 43.3 Å². The number of fused-ring (bicyclic) bond motifs is 1. The number of nitrogens with two attached hydrogens (primary N) is 1. The van der Waals surface area contributed by atoms with Crippen molar-refractivity contribution in [2.24, 2.45) is 5.73 Å². The van der Waals surface area contributed by atoms with Gasteiger partial charge in [0.25, 0.3) is 0 Å². The molecule has 4 N–H and O–H groups in total. The summed E-state index contributed by atoms with van der Waals surface area (Å²) in [5.41, 5.74) is 5.51. The third-order valence-corrected chi connectivity index (χ3v) is 3.64. The number of nitrogens with zero attached hydrogens (tertiary/aromatic N) is 1. The molecule has 1 amide bonds. The minimum Gasteiger partial charge on any atom is -0.507 e. The largest absolute Gasteiger partial charge is 0.507 e. The van der Waals surface area contributed by atoms with E-state index < -0.39 is 17.9 Å². The van der Waals surface area contributed by atoms with Gasteiger partial charge in [-0.2, -0.15) is 0 Å². The normalized spacial score (nSPS) is 12.5. The molecule has 0 saturated heterocycles. The zero-order chi connectivity index (χ0) is 16.4. The molecular formula is C16H18N2O4. The highest BCUT2D eigenvalue weighted by Crippen LogP contribution is 2.38. The molecule has 1 unspecified atom stereocenters. The molecule has 2 aromatic rings. The van der Waals surface area contributed by atoms with Gasteiger partial charge in [-0.05, 0) is 30.9 Å². The summed E-state index contributed by atoms with van der Waals surface area (Å²) in [6.45, 7) is 0. The lowest BCUT2D eigenvalue weighted by Gasteiger charge is -2.26. The molecule has 0 fully saturated rings. The van der Waals surface area contributed by atoms with Crippen molar-refractivity contribution in [2.45, 2.75) is 12.5 Å². The Morgan fingerprint density at radius 2 is 1.91 bits per heavy atom. The molecule has 22 heavy (non-hydrogen) atoms. The fraction of sp³-hybridized carbons (Fsp3) is 0.250. The van der Waals surface area contributed by atoms with Crippen LogP contribution in [-0.4, -0.2) is 41.1 Å². The van der Waals surface area contributed by atoms with Gasteiger partial charge in [-0.3, -0.25) is 4.79 Å². The smallest absolute Gasteiger partial charge is 0.339 e. The van der Waals surface area contributed by atoms with Crippen LogP contribution in [0.25, 0.3) is 10.8 Å². The number of benzene rings is 2. The molecule has 2 rings (SSSR count). The van der Waals surface area contributed by atoms with Crippen LogP contribution in [0.2, 0.25) is 0 Å². The summed E-state index contributed by atoms with van der Waals surface area (Å²) in [6.07, 6.45) is -0.0202. The highest BCUT2D eigenvalue weighted by atomic mass is 16.4. The Balaban J connectivity index is 2.81. The zero-order valence-electron chi connectivity index (χ0n) is 12.4. The number of carbonyl (C=O) groups excluding carboxylic acids is 1. The van der Waals surface area contributed by atoms with E-state index in [-0.39, 0.29) is 17.7 Å². The third kappa shape index (κ3) is 2.87. The lowest BCUT2D eigenvalue weighted by molar-refractivity contribution is -0.119. The monoisotopic (exact) mass is 302 g/mol. The van der Waals surface area contributed by atoms with E-state index in [1.165, 1.54) is 6.07 Å². The fourth-order valence-electron chi connectivity index (χ4n) is 2.60. The van der Waals surface area contributed by atoms with Crippen molar-refractivity contribution in [3.05, 3.63) is 41.5 Å². The first-order chi connectivity index (χ1) is 10.3.